The molecule has 0 unspecified atom stereocenters. The van der Waals surface area contributed by atoms with Gasteiger partial charge in [0.2, 0.25) is 0 Å². The minimum Gasteiger partial charge on any atom is -0.334 e. The van der Waals surface area contributed by atoms with Crippen LogP contribution in [0.3, 0.4) is 0 Å². The van der Waals surface area contributed by atoms with Gasteiger partial charge in [-0.15, -0.1) is 0 Å². The van der Waals surface area contributed by atoms with Crippen molar-refractivity contribution in [2.75, 3.05) is 0 Å². The second kappa shape index (κ2) is 5.38. The fourth-order valence-corrected chi connectivity index (χ4v) is 1.89. The number of pyridine rings is 1. The van der Waals surface area contributed by atoms with Gasteiger partial charge in [-0.2, -0.15) is 4.98 Å². The SMILES string of the molecule is Fc1cnccc1-c1nc(Cc2ccc(Cl)cc2)no1. The van der Waals surface area contributed by atoms with Gasteiger partial charge in [-0.25, -0.2) is 4.39 Å². The van der Waals surface area contributed by atoms with E-state index in [0.29, 0.717) is 17.3 Å². The molecule has 0 aliphatic heterocycles. The van der Waals surface area contributed by atoms with Crippen molar-refractivity contribution in [3.8, 4) is 11.5 Å². The van der Waals surface area contributed by atoms with Crippen molar-refractivity contribution in [3.63, 3.8) is 0 Å². The van der Waals surface area contributed by atoms with Crippen LogP contribution in [-0.4, -0.2) is 15.1 Å². The third-order valence-corrected chi connectivity index (χ3v) is 3.00. The molecule has 3 aromatic rings. The molecule has 0 atom stereocenters. The van der Waals surface area contributed by atoms with E-state index in [1.807, 2.05) is 12.1 Å². The summed E-state index contributed by atoms with van der Waals surface area (Å²) >= 11 is 5.82. The lowest BCUT2D eigenvalue weighted by Gasteiger charge is -1.96. The van der Waals surface area contributed by atoms with E-state index in [2.05, 4.69) is 15.1 Å². The van der Waals surface area contributed by atoms with Crippen molar-refractivity contribution in [3.05, 3.63) is 65.0 Å². The van der Waals surface area contributed by atoms with Gasteiger partial charge < -0.3 is 4.52 Å². The fourth-order valence-electron chi connectivity index (χ4n) is 1.77. The van der Waals surface area contributed by atoms with Gasteiger partial charge in [-0.3, -0.25) is 4.98 Å². The van der Waals surface area contributed by atoms with E-state index in [1.54, 1.807) is 12.1 Å². The summed E-state index contributed by atoms with van der Waals surface area (Å²) in [6.45, 7) is 0. The molecule has 2 heterocycles. The van der Waals surface area contributed by atoms with Crippen molar-refractivity contribution in [2.24, 2.45) is 0 Å². The highest BCUT2D eigenvalue weighted by Gasteiger charge is 2.13. The molecule has 6 heteroatoms. The monoisotopic (exact) mass is 289 g/mol. The van der Waals surface area contributed by atoms with E-state index >= 15 is 0 Å². The first-order valence-corrected chi connectivity index (χ1v) is 6.27. The van der Waals surface area contributed by atoms with Crippen LogP contribution in [0.4, 0.5) is 4.39 Å². The van der Waals surface area contributed by atoms with Crippen molar-refractivity contribution < 1.29 is 8.91 Å². The van der Waals surface area contributed by atoms with Crippen molar-refractivity contribution in [2.45, 2.75) is 6.42 Å². The molecule has 0 bridgehead atoms. The van der Waals surface area contributed by atoms with Crippen LogP contribution in [0.25, 0.3) is 11.5 Å². The Hall–Kier alpha value is -2.27. The van der Waals surface area contributed by atoms with E-state index in [4.69, 9.17) is 16.1 Å². The molecule has 1 aromatic carbocycles. The minimum absolute atomic E-state index is 0.147. The highest BCUT2D eigenvalue weighted by atomic mass is 35.5. The minimum atomic E-state index is -0.491. The van der Waals surface area contributed by atoms with Gasteiger partial charge in [0.15, 0.2) is 11.6 Å². The number of aromatic nitrogens is 3. The molecule has 0 saturated heterocycles. The second-order valence-electron chi connectivity index (χ2n) is 4.17. The number of benzene rings is 1. The molecule has 0 radical (unpaired) electrons. The Kier molecular flexibility index (Phi) is 3.43. The molecule has 0 amide bonds. The van der Waals surface area contributed by atoms with E-state index < -0.39 is 5.82 Å². The van der Waals surface area contributed by atoms with Gasteiger partial charge in [-0.1, -0.05) is 28.9 Å². The number of hydrogen-bond donors (Lipinski definition) is 0. The Bertz CT molecular complexity index is 727. The van der Waals surface area contributed by atoms with Crippen molar-refractivity contribution in [1.82, 2.24) is 15.1 Å². The normalized spacial score (nSPS) is 10.7. The highest BCUT2D eigenvalue weighted by Crippen LogP contribution is 2.20. The topological polar surface area (TPSA) is 51.8 Å². The molecule has 0 fully saturated rings. The third kappa shape index (κ3) is 2.67. The Labute approximate surface area is 119 Å². The van der Waals surface area contributed by atoms with Gasteiger partial charge >= 0.3 is 0 Å². The Morgan fingerprint density at radius 3 is 2.70 bits per heavy atom. The van der Waals surface area contributed by atoms with Crippen LogP contribution in [0.2, 0.25) is 5.02 Å². The summed E-state index contributed by atoms with van der Waals surface area (Å²) in [7, 11) is 0. The van der Waals surface area contributed by atoms with Gasteiger partial charge in [0.25, 0.3) is 5.89 Å². The van der Waals surface area contributed by atoms with Gasteiger partial charge in [0.1, 0.15) is 0 Å². The molecule has 0 saturated carbocycles. The van der Waals surface area contributed by atoms with Gasteiger partial charge in [-0.05, 0) is 23.8 Å². The van der Waals surface area contributed by atoms with Crippen LogP contribution in [-0.2, 0) is 6.42 Å². The van der Waals surface area contributed by atoms with Crippen molar-refractivity contribution in [1.29, 1.82) is 0 Å². The lowest BCUT2D eigenvalue weighted by molar-refractivity contribution is 0.421. The molecular weight excluding hydrogens is 281 g/mol. The molecule has 2 aromatic heterocycles. The first kappa shape index (κ1) is 12.7. The van der Waals surface area contributed by atoms with E-state index in [-0.39, 0.29) is 11.5 Å². The first-order chi connectivity index (χ1) is 9.72. The zero-order valence-corrected chi connectivity index (χ0v) is 11.0. The summed E-state index contributed by atoms with van der Waals surface area (Å²) in [5.41, 5.74) is 1.24. The van der Waals surface area contributed by atoms with Gasteiger partial charge in [0, 0.05) is 17.6 Å². The van der Waals surface area contributed by atoms with E-state index in [0.717, 1.165) is 11.8 Å². The van der Waals surface area contributed by atoms with Crippen LogP contribution >= 0.6 is 11.6 Å². The van der Waals surface area contributed by atoms with Crippen molar-refractivity contribution >= 4 is 11.6 Å². The maximum absolute atomic E-state index is 13.6. The quantitative estimate of drug-likeness (QED) is 0.740. The molecule has 100 valence electrons. The standard InChI is InChI=1S/C14H9ClFN3O/c15-10-3-1-9(2-4-10)7-13-18-14(20-19-13)11-5-6-17-8-12(11)16/h1-6,8H,7H2. The molecule has 0 aliphatic carbocycles. The fraction of sp³-hybridized carbons (Fsp3) is 0.0714. The maximum atomic E-state index is 13.6. The summed E-state index contributed by atoms with van der Waals surface area (Å²) in [4.78, 5) is 7.86. The Morgan fingerprint density at radius 2 is 1.95 bits per heavy atom. The lowest BCUT2D eigenvalue weighted by atomic mass is 10.1. The van der Waals surface area contributed by atoms with Crippen LogP contribution in [0.15, 0.2) is 47.2 Å². The van der Waals surface area contributed by atoms with E-state index in [9.17, 15) is 4.39 Å². The highest BCUT2D eigenvalue weighted by molar-refractivity contribution is 6.30. The molecule has 4 nitrogen and oxygen atoms in total. The molecule has 0 spiro atoms. The average Bonchev–Trinajstić information content (AvgIpc) is 2.90. The van der Waals surface area contributed by atoms with Crippen LogP contribution in [0.1, 0.15) is 11.4 Å². The van der Waals surface area contributed by atoms with Crippen LogP contribution in [0, 0.1) is 5.82 Å². The summed E-state index contributed by atoms with van der Waals surface area (Å²) < 4.78 is 18.6. The number of nitrogens with zero attached hydrogens (tertiary/aromatic N) is 3. The molecule has 20 heavy (non-hydrogen) atoms. The summed E-state index contributed by atoms with van der Waals surface area (Å²) in [5, 5.41) is 4.51. The van der Waals surface area contributed by atoms with Gasteiger partial charge in [0.05, 0.1) is 11.8 Å². The smallest absolute Gasteiger partial charge is 0.261 e. The molecular formula is C14H9ClFN3O. The van der Waals surface area contributed by atoms with E-state index in [1.165, 1.54) is 12.3 Å². The van der Waals surface area contributed by atoms with Crippen LogP contribution in [0.5, 0.6) is 0 Å². The Morgan fingerprint density at radius 1 is 1.15 bits per heavy atom. The zero-order valence-electron chi connectivity index (χ0n) is 10.3. The Balaban J connectivity index is 1.84. The predicted molar refractivity (Wildman–Crippen MR) is 71.7 cm³/mol. The molecule has 0 N–H and O–H groups in total. The molecule has 0 aliphatic rings. The second-order valence-corrected chi connectivity index (χ2v) is 4.61. The molecule has 3 rings (SSSR count). The summed E-state index contributed by atoms with van der Waals surface area (Å²) in [6.07, 6.45) is 3.08. The maximum Gasteiger partial charge on any atom is 0.261 e. The predicted octanol–water partition coefficient (Wildman–Crippen LogP) is 3.51. The number of rotatable bonds is 3. The largest absolute Gasteiger partial charge is 0.334 e. The summed E-state index contributed by atoms with van der Waals surface area (Å²) in [5.74, 6) is 0.140. The lowest BCUT2D eigenvalue weighted by Crippen LogP contribution is -1.91. The summed E-state index contributed by atoms with van der Waals surface area (Å²) in [6, 6.07) is 8.84. The average molecular weight is 290 g/mol. The number of hydrogen-bond acceptors (Lipinski definition) is 4. The third-order valence-electron chi connectivity index (χ3n) is 2.75. The number of halogens is 2. The first-order valence-electron chi connectivity index (χ1n) is 5.89. The van der Waals surface area contributed by atoms with Crippen LogP contribution < -0.4 is 0 Å². The zero-order chi connectivity index (χ0) is 13.9.